The van der Waals surface area contributed by atoms with Gasteiger partial charge in [0, 0.05) is 127 Å². The molecule has 0 saturated heterocycles. The molecule has 0 bridgehead atoms. The minimum atomic E-state index is -3.56. The van der Waals surface area contributed by atoms with Gasteiger partial charge in [-0.05, 0) is 102 Å². The molecule has 0 radical (unpaired) electrons. The summed E-state index contributed by atoms with van der Waals surface area (Å²) >= 11 is 25.8. The lowest BCUT2D eigenvalue weighted by molar-refractivity contribution is -0.384. The molecule has 7 aromatic rings. The number of anilines is 7. The quantitative estimate of drug-likeness (QED) is 0.0228. The Morgan fingerprint density at radius 2 is 0.697 bits per heavy atom. The van der Waals surface area contributed by atoms with E-state index in [0.717, 1.165) is 60.7 Å². The van der Waals surface area contributed by atoms with E-state index in [0.29, 0.717) is 96.7 Å². The number of alkyl halides is 1. The van der Waals surface area contributed by atoms with Crippen molar-refractivity contribution in [1.29, 1.82) is 0 Å². The SMILES string of the molecule is CCOC.CN(c1cc(Br)ccc1[N+](=O)[O-])S(C)(=O)=O.CN1Cc2nc(Cl)cc(Cl)c2C1=O.COCCl.COCc1ccc(Nc2cc(Cl)nc3c2C(=O)N(C)C3)c(N(C)S(C)(=O)=O)c1.COCc1ccc([N+](=O)[O-])c(N(C)S(C)(=O)=O)c1.COCc1ccc([N+](=O)[O-])c(N(C)S(C)(=O)=O)c1.COCc1ccc([N+](=O)[O-])c(N(C)S(C)(=O)=O)c1. The van der Waals surface area contributed by atoms with Gasteiger partial charge in [0.2, 0.25) is 50.1 Å². The van der Waals surface area contributed by atoms with E-state index in [2.05, 4.69) is 40.7 Å². The molecule has 119 heavy (non-hydrogen) atoms. The number of hydrogen-bond donors (Lipinski definition) is 1. The van der Waals surface area contributed by atoms with Crippen LogP contribution < -0.4 is 26.8 Å². The Hall–Kier alpha value is -9.11. The Kier molecular flexibility index (Phi) is 42.5. The van der Waals surface area contributed by atoms with Crippen LogP contribution in [-0.2, 0) is 118 Å². The number of nitro groups is 4. The molecule has 2 amide bonds. The van der Waals surface area contributed by atoms with Crippen LogP contribution in [0.25, 0.3) is 0 Å². The lowest BCUT2D eigenvalue weighted by atomic mass is 10.1. The van der Waals surface area contributed by atoms with Crippen LogP contribution in [0.15, 0.2) is 108 Å². The van der Waals surface area contributed by atoms with Gasteiger partial charge in [-0.1, -0.05) is 68.4 Å². The van der Waals surface area contributed by atoms with Crippen molar-refractivity contribution in [3.8, 4) is 0 Å². The first-order valence-corrected chi connectivity index (χ1v) is 45.2. The van der Waals surface area contributed by atoms with E-state index in [9.17, 15) is 92.1 Å². The number of carbonyl (C=O) groups is 2. The molecule has 5 aromatic carbocycles. The van der Waals surface area contributed by atoms with Crippen LogP contribution in [0.2, 0.25) is 15.3 Å². The third kappa shape index (κ3) is 32.4. The van der Waals surface area contributed by atoms with E-state index in [1.165, 1.54) is 140 Å². The first-order chi connectivity index (χ1) is 55.1. The first kappa shape index (κ1) is 106. The Morgan fingerprint density at radius 1 is 0.429 bits per heavy atom. The number of methoxy groups -OCH3 is 6. The molecule has 0 fully saturated rings. The van der Waals surface area contributed by atoms with Gasteiger partial charge >= 0.3 is 0 Å². The summed E-state index contributed by atoms with van der Waals surface area (Å²) < 4.78 is 150. The minimum Gasteiger partial charge on any atom is -0.385 e. The number of aromatic nitrogens is 2. The number of hydrogen-bond acceptors (Lipinski definition) is 29. The van der Waals surface area contributed by atoms with Crippen LogP contribution in [0.4, 0.5) is 62.6 Å². The molecule has 2 aliphatic heterocycles. The third-order valence-electron chi connectivity index (χ3n) is 16.0. The summed E-state index contributed by atoms with van der Waals surface area (Å²) in [5.41, 5.74) is 5.43. The van der Waals surface area contributed by atoms with Gasteiger partial charge in [-0.3, -0.25) is 71.6 Å². The number of fused-ring (bicyclic) bond motifs is 2. The molecule has 0 unspecified atom stereocenters. The van der Waals surface area contributed by atoms with Gasteiger partial charge in [0.1, 0.15) is 39.1 Å². The number of ether oxygens (including phenoxy) is 6. The first-order valence-electron chi connectivity index (χ1n) is 33.5. The number of carbonyl (C=O) groups excluding carboxylic acids is 2. The molecule has 0 spiro atoms. The molecule has 658 valence electrons. The highest BCUT2D eigenvalue weighted by Gasteiger charge is 2.33. The number of amides is 2. The Balaban J connectivity index is 0.000000482. The second kappa shape index (κ2) is 47.8. The molecule has 0 aliphatic carbocycles. The Bertz CT molecular complexity index is 5120. The lowest BCUT2D eigenvalue weighted by Gasteiger charge is -2.22. The van der Waals surface area contributed by atoms with Crippen LogP contribution in [0, 0.1) is 40.5 Å². The molecular weight excluding hydrogens is 1820 g/mol. The number of benzene rings is 5. The van der Waals surface area contributed by atoms with Gasteiger partial charge in [-0.15, -0.1) is 0 Å². The minimum absolute atomic E-state index is 0.0250. The molecule has 50 heteroatoms. The molecule has 9 rings (SSSR count). The number of halogens is 5. The largest absolute Gasteiger partial charge is 0.385 e. The highest BCUT2D eigenvalue weighted by Crippen LogP contribution is 2.39. The lowest BCUT2D eigenvalue weighted by Crippen LogP contribution is -2.26. The second-order valence-corrected chi connectivity index (χ2v) is 37.2. The summed E-state index contributed by atoms with van der Waals surface area (Å²) in [7, 11) is 1.51. The van der Waals surface area contributed by atoms with Crippen molar-refractivity contribution in [1.82, 2.24) is 19.8 Å². The number of nitrogens with one attached hydrogen (secondary N) is 1. The number of pyridine rings is 2. The van der Waals surface area contributed by atoms with Crippen LogP contribution >= 0.6 is 62.3 Å². The fourth-order valence-electron chi connectivity index (χ4n) is 9.70. The normalized spacial score (nSPS) is 12.0. The molecule has 4 heterocycles. The van der Waals surface area contributed by atoms with Gasteiger partial charge < -0.3 is 43.5 Å². The monoisotopic (exact) mass is 1910 g/mol. The van der Waals surface area contributed by atoms with Crippen molar-refractivity contribution in [2.75, 3.05) is 163 Å². The maximum atomic E-state index is 12.5. The summed E-state index contributed by atoms with van der Waals surface area (Å²) in [5.74, 6) is -0.264. The summed E-state index contributed by atoms with van der Waals surface area (Å²) in [4.78, 5) is 76.3. The van der Waals surface area contributed by atoms with Crippen molar-refractivity contribution < 1.29 is 99.8 Å². The molecular formula is C69H91BrCl4N14O26S5. The number of nitro benzene ring substituents is 4. The average Bonchev–Trinajstić information content (AvgIpc) is 1.67. The fourth-order valence-corrected chi connectivity index (χ4v) is 13.3. The maximum absolute atomic E-state index is 12.5. The van der Waals surface area contributed by atoms with Crippen LogP contribution in [0.1, 0.15) is 61.3 Å². The van der Waals surface area contributed by atoms with Crippen molar-refractivity contribution in [2.45, 2.75) is 46.4 Å². The number of rotatable bonds is 26. The van der Waals surface area contributed by atoms with Crippen molar-refractivity contribution in [3.63, 3.8) is 0 Å². The smallest absolute Gasteiger partial charge is 0.293 e. The standard InChI is InChI=1S/C18H21ClN4O4S.3C10H14N2O5S.C8H9BrN2O4S.C8H6Cl2N2O.C3H8O.C2H5ClO/c1-22-9-14-17(18(22)24)13(8-16(19)21-14)20-12-6-5-11(10-27-3)7-15(12)23(2)28(4,25)26;3*1-11(18(3,15)16)10-6-8(7-17-2)4-5-9(10)12(13)14;1-10(16(2,14)15)8-5-6(9)3-4-7(8)11(12)13;1-12-3-5-7(8(12)13)4(9)2-6(10)11-5;1-3-4-2;1-4-2-3/h5-8H,9-10H2,1-4H3,(H,20,21);3*4-6H,7H2,1-3H3;3-5H,1-2H3;2H,3H2,1H3;3H2,1-2H3;2H2,1H3. The van der Waals surface area contributed by atoms with Crippen molar-refractivity contribution in [2.24, 2.45) is 0 Å². The molecule has 0 atom stereocenters. The molecule has 0 saturated carbocycles. The summed E-state index contributed by atoms with van der Waals surface area (Å²) in [6.07, 6.45) is 5.07. The van der Waals surface area contributed by atoms with Crippen molar-refractivity contribution >= 4 is 187 Å². The average molecular weight is 1910 g/mol. The van der Waals surface area contributed by atoms with Crippen molar-refractivity contribution in [3.05, 3.63) is 208 Å². The van der Waals surface area contributed by atoms with E-state index in [4.69, 9.17) is 65.4 Å². The number of nitrogens with zero attached hydrogens (tertiary/aromatic N) is 13. The van der Waals surface area contributed by atoms with Gasteiger partial charge in [-0.2, -0.15) is 0 Å². The van der Waals surface area contributed by atoms with Crippen LogP contribution in [-0.4, -0.2) is 229 Å². The van der Waals surface area contributed by atoms with E-state index in [1.54, 1.807) is 63.4 Å². The zero-order valence-electron chi connectivity index (χ0n) is 67.8. The molecule has 2 aliphatic rings. The predicted molar refractivity (Wildman–Crippen MR) is 459 cm³/mol. The molecule has 1 N–H and O–H groups in total. The fraction of sp³-hybridized carbons (Fsp3) is 0.391. The number of sulfonamides is 5. The Morgan fingerprint density at radius 3 is 0.992 bits per heavy atom. The predicted octanol–water partition coefficient (Wildman–Crippen LogP) is 11.2. The van der Waals surface area contributed by atoms with Gasteiger partial charge in [0.15, 0.2) is 0 Å². The van der Waals surface area contributed by atoms with Gasteiger partial charge in [-0.25, -0.2) is 52.1 Å². The Labute approximate surface area is 718 Å². The van der Waals surface area contributed by atoms with Crippen LogP contribution in [0.5, 0.6) is 0 Å². The van der Waals surface area contributed by atoms with Gasteiger partial charge in [0.25, 0.3) is 34.6 Å². The van der Waals surface area contributed by atoms with E-state index in [-0.39, 0.29) is 82.3 Å². The topological polar surface area (TPSA) is 493 Å². The second-order valence-electron chi connectivity index (χ2n) is 24.9. The highest BCUT2D eigenvalue weighted by atomic mass is 79.9. The summed E-state index contributed by atoms with van der Waals surface area (Å²) in [5, 5.41) is 47.5. The van der Waals surface area contributed by atoms with E-state index >= 15 is 0 Å². The van der Waals surface area contributed by atoms with E-state index in [1.807, 2.05) is 13.0 Å². The summed E-state index contributed by atoms with van der Waals surface area (Å²) in [6.45, 7) is 4.72. The summed E-state index contributed by atoms with van der Waals surface area (Å²) in [6, 6.07) is 25.4. The zero-order chi connectivity index (χ0) is 91.3. The van der Waals surface area contributed by atoms with Gasteiger partial charge in [0.05, 0.1) is 135 Å². The molecule has 40 nitrogen and oxygen atoms in total. The highest BCUT2D eigenvalue weighted by molar-refractivity contribution is 9.10. The zero-order valence-corrected chi connectivity index (χ0v) is 76.5. The van der Waals surface area contributed by atoms with E-state index < -0.39 is 69.8 Å². The maximum Gasteiger partial charge on any atom is 0.293 e. The molecule has 2 aromatic heterocycles. The third-order valence-corrected chi connectivity index (χ3v) is 23.3. The van der Waals surface area contributed by atoms with Crippen LogP contribution in [0.3, 0.4) is 0 Å².